The summed E-state index contributed by atoms with van der Waals surface area (Å²) in [6.07, 6.45) is 5.82. The molecule has 2 bridgehead atoms. The van der Waals surface area contributed by atoms with E-state index in [0.29, 0.717) is 47.2 Å². The molecule has 0 saturated heterocycles. The molecule has 3 aliphatic rings. The second-order valence-corrected chi connectivity index (χ2v) is 10.9. The van der Waals surface area contributed by atoms with Gasteiger partial charge in [0.1, 0.15) is 0 Å². The van der Waals surface area contributed by atoms with E-state index in [1.54, 1.807) is 12.1 Å². The van der Waals surface area contributed by atoms with E-state index in [0.717, 1.165) is 24.4 Å². The average Bonchev–Trinajstić information content (AvgIpc) is 3.56. The maximum atomic E-state index is 13.4. The summed E-state index contributed by atoms with van der Waals surface area (Å²) < 4.78 is 0. The molecule has 3 aromatic carbocycles. The molecular weight excluding hydrogens is 458 g/mol. The fourth-order valence-corrected chi connectivity index (χ4v) is 7.08. The molecule has 5 atom stereocenters. The number of benzene rings is 3. The maximum Gasteiger partial charge on any atom is 0.255 e. The van der Waals surface area contributed by atoms with Gasteiger partial charge in [0.15, 0.2) is 0 Å². The number of fused-ring (bicyclic) bond motifs is 7. The molecule has 0 spiro atoms. The van der Waals surface area contributed by atoms with Crippen molar-refractivity contribution in [3.05, 3.63) is 95.1 Å². The number of nitrogens with one attached hydrogen (secondary N) is 3. The zero-order valence-corrected chi connectivity index (χ0v) is 21.4. The monoisotopic (exact) mass is 493 g/mol. The highest BCUT2D eigenvalue weighted by molar-refractivity contribution is 6.09. The molecule has 3 aromatic rings. The van der Waals surface area contributed by atoms with Gasteiger partial charge in [-0.05, 0) is 90.8 Å². The molecule has 37 heavy (non-hydrogen) atoms. The Balaban J connectivity index is 1.27. The van der Waals surface area contributed by atoms with Crippen molar-refractivity contribution in [1.82, 2.24) is 5.32 Å². The lowest BCUT2D eigenvalue weighted by Crippen LogP contribution is -2.35. The predicted octanol–water partition coefficient (Wildman–Crippen LogP) is 6.77. The Morgan fingerprint density at radius 1 is 0.919 bits per heavy atom. The van der Waals surface area contributed by atoms with Crippen LogP contribution in [0.25, 0.3) is 0 Å². The van der Waals surface area contributed by atoms with Crippen molar-refractivity contribution in [3.8, 4) is 0 Å². The lowest BCUT2D eigenvalue weighted by Gasteiger charge is -2.43. The third kappa shape index (κ3) is 4.41. The van der Waals surface area contributed by atoms with Gasteiger partial charge in [0, 0.05) is 17.8 Å². The fraction of sp³-hybridized carbons (Fsp3) is 0.375. The summed E-state index contributed by atoms with van der Waals surface area (Å²) in [6.45, 7) is 2.72. The van der Waals surface area contributed by atoms with Gasteiger partial charge in [0.2, 0.25) is 0 Å². The van der Waals surface area contributed by atoms with Gasteiger partial charge in [-0.25, -0.2) is 0 Å². The van der Waals surface area contributed by atoms with Crippen molar-refractivity contribution in [1.29, 1.82) is 0 Å². The van der Waals surface area contributed by atoms with Crippen molar-refractivity contribution in [3.63, 3.8) is 0 Å². The van der Waals surface area contributed by atoms with Crippen LogP contribution in [0.1, 0.15) is 82.8 Å². The van der Waals surface area contributed by atoms with Crippen molar-refractivity contribution < 1.29 is 9.59 Å². The minimum atomic E-state index is -0.179. The third-order valence-corrected chi connectivity index (χ3v) is 8.74. The number of hydrogen-bond donors (Lipinski definition) is 3. The molecule has 1 heterocycles. The molecule has 2 fully saturated rings. The molecule has 3 N–H and O–H groups in total. The van der Waals surface area contributed by atoms with E-state index in [2.05, 4.69) is 65.3 Å². The van der Waals surface area contributed by atoms with Crippen LogP contribution >= 0.6 is 0 Å². The molecular formula is C32H35N3O2. The van der Waals surface area contributed by atoms with Gasteiger partial charge in [0.25, 0.3) is 11.8 Å². The SMILES string of the molecule is CCCCNC(=O)c1ccccc1NC(=O)c1ccc2c(c1)[C@@H]1[C@H]3CC[C@@H](C3)[C@H]1[C@@H](c1ccccc1)N2. The van der Waals surface area contributed by atoms with Gasteiger partial charge in [-0.1, -0.05) is 55.8 Å². The van der Waals surface area contributed by atoms with Crippen LogP contribution in [0.2, 0.25) is 0 Å². The van der Waals surface area contributed by atoms with E-state index in [1.165, 1.54) is 30.4 Å². The number of amides is 2. The lowest BCUT2D eigenvalue weighted by atomic mass is 9.68. The molecule has 6 rings (SSSR count). The number of anilines is 2. The van der Waals surface area contributed by atoms with Crippen LogP contribution in [0.4, 0.5) is 11.4 Å². The highest BCUT2D eigenvalue weighted by atomic mass is 16.2. The molecule has 2 aliphatic carbocycles. The number of para-hydroxylation sites is 1. The number of unbranched alkanes of at least 4 members (excludes halogenated alkanes) is 1. The summed E-state index contributed by atoms with van der Waals surface area (Å²) in [5.41, 5.74) is 5.45. The Morgan fingerprint density at radius 2 is 1.70 bits per heavy atom. The highest BCUT2D eigenvalue weighted by Gasteiger charge is 2.53. The van der Waals surface area contributed by atoms with Crippen LogP contribution < -0.4 is 16.0 Å². The molecule has 0 aromatic heterocycles. The number of hydrogen-bond acceptors (Lipinski definition) is 3. The number of rotatable bonds is 7. The standard InChI is InChI=1S/C32H35N3O2/c1-2-3-17-33-32(37)24-11-7-8-12-26(24)35-31(36)23-15-16-27-25(19-23)28-21-13-14-22(18-21)29(28)30(34-27)20-9-5-4-6-10-20/h4-12,15-16,19,21-22,28-30,34H,2-3,13-14,17-18H2,1H3,(H,33,37)(H,35,36)/t21-,22-,28-,29+,30+/m0/s1. The molecule has 0 radical (unpaired) electrons. The van der Waals surface area contributed by atoms with E-state index in [4.69, 9.17) is 0 Å². The van der Waals surface area contributed by atoms with Gasteiger partial charge in [0.05, 0.1) is 17.3 Å². The summed E-state index contributed by atoms with van der Waals surface area (Å²) in [5.74, 6) is 2.12. The number of carbonyl (C=O) groups is 2. The fourth-order valence-electron chi connectivity index (χ4n) is 7.08. The Labute approximate surface area is 219 Å². The first-order valence-electron chi connectivity index (χ1n) is 13.8. The van der Waals surface area contributed by atoms with E-state index in [1.807, 2.05) is 18.2 Å². The predicted molar refractivity (Wildman–Crippen MR) is 148 cm³/mol. The Bertz CT molecular complexity index is 1300. The van der Waals surface area contributed by atoms with Gasteiger partial charge < -0.3 is 16.0 Å². The summed E-state index contributed by atoms with van der Waals surface area (Å²) in [5, 5.41) is 9.82. The molecule has 190 valence electrons. The smallest absolute Gasteiger partial charge is 0.255 e. The first-order valence-corrected chi connectivity index (χ1v) is 13.8. The van der Waals surface area contributed by atoms with Gasteiger partial charge >= 0.3 is 0 Å². The summed E-state index contributed by atoms with van der Waals surface area (Å²) in [4.78, 5) is 26.1. The lowest BCUT2D eigenvalue weighted by molar-refractivity contribution is 0.0954. The van der Waals surface area contributed by atoms with Gasteiger partial charge in [-0.3, -0.25) is 9.59 Å². The zero-order chi connectivity index (χ0) is 25.4. The van der Waals surface area contributed by atoms with E-state index in [9.17, 15) is 9.59 Å². The normalized spacial score (nSPS) is 25.1. The molecule has 2 saturated carbocycles. The van der Waals surface area contributed by atoms with Crippen LogP contribution in [0.3, 0.4) is 0 Å². The maximum absolute atomic E-state index is 13.4. The van der Waals surface area contributed by atoms with Gasteiger partial charge in [-0.2, -0.15) is 0 Å². The zero-order valence-electron chi connectivity index (χ0n) is 21.4. The average molecular weight is 494 g/mol. The van der Waals surface area contributed by atoms with Crippen LogP contribution in [-0.4, -0.2) is 18.4 Å². The second-order valence-electron chi connectivity index (χ2n) is 10.9. The largest absolute Gasteiger partial charge is 0.378 e. The minimum absolute atomic E-state index is 0.157. The minimum Gasteiger partial charge on any atom is -0.378 e. The van der Waals surface area contributed by atoms with Crippen molar-refractivity contribution >= 4 is 23.2 Å². The van der Waals surface area contributed by atoms with Crippen molar-refractivity contribution in [2.75, 3.05) is 17.2 Å². The van der Waals surface area contributed by atoms with E-state index >= 15 is 0 Å². The molecule has 5 heteroatoms. The number of carbonyl (C=O) groups excluding carboxylic acids is 2. The second kappa shape index (κ2) is 10.0. The van der Waals surface area contributed by atoms with Crippen LogP contribution in [0.5, 0.6) is 0 Å². The Kier molecular flexibility index (Phi) is 6.45. The van der Waals surface area contributed by atoms with E-state index < -0.39 is 0 Å². The first kappa shape index (κ1) is 23.8. The van der Waals surface area contributed by atoms with Crippen LogP contribution in [0, 0.1) is 17.8 Å². The Hall–Kier alpha value is -3.60. The van der Waals surface area contributed by atoms with Crippen LogP contribution in [0.15, 0.2) is 72.8 Å². The van der Waals surface area contributed by atoms with Crippen LogP contribution in [-0.2, 0) is 0 Å². The molecule has 2 amide bonds. The summed E-state index contributed by atoms with van der Waals surface area (Å²) in [6, 6.07) is 24.4. The highest BCUT2D eigenvalue weighted by Crippen LogP contribution is 2.63. The Morgan fingerprint density at radius 3 is 2.54 bits per heavy atom. The van der Waals surface area contributed by atoms with Crippen molar-refractivity contribution in [2.45, 2.75) is 51.0 Å². The van der Waals surface area contributed by atoms with Crippen molar-refractivity contribution in [2.24, 2.45) is 17.8 Å². The topological polar surface area (TPSA) is 70.2 Å². The summed E-state index contributed by atoms with van der Waals surface area (Å²) in [7, 11) is 0. The summed E-state index contributed by atoms with van der Waals surface area (Å²) >= 11 is 0. The quantitative estimate of drug-likeness (QED) is 0.318. The third-order valence-electron chi connectivity index (χ3n) is 8.74. The first-order chi connectivity index (χ1) is 18.1. The molecule has 1 aliphatic heterocycles. The van der Waals surface area contributed by atoms with Gasteiger partial charge in [-0.15, -0.1) is 0 Å². The molecule has 0 unspecified atom stereocenters. The molecule has 5 nitrogen and oxygen atoms in total. The van der Waals surface area contributed by atoms with E-state index in [-0.39, 0.29) is 11.8 Å².